The van der Waals surface area contributed by atoms with E-state index >= 15 is 0 Å². The van der Waals surface area contributed by atoms with E-state index in [2.05, 4.69) is 61.7 Å². The van der Waals surface area contributed by atoms with Crippen LogP contribution in [-0.4, -0.2) is 14.5 Å². The van der Waals surface area contributed by atoms with Crippen LogP contribution in [0.15, 0.2) is 30.5 Å². The highest BCUT2D eigenvalue weighted by Crippen LogP contribution is 2.19. The van der Waals surface area contributed by atoms with Gasteiger partial charge in [-0.1, -0.05) is 18.2 Å². The Morgan fingerprint density at radius 2 is 2.00 bits per heavy atom. The topological polar surface area (TPSA) is 19.0 Å². The largest absolute Gasteiger partial charge is 0.361 e. The summed E-state index contributed by atoms with van der Waals surface area (Å²) in [4.78, 5) is 3.26. The van der Waals surface area contributed by atoms with Crippen molar-refractivity contribution in [3.63, 3.8) is 0 Å². The van der Waals surface area contributed by atoms with Gasteiger partial charge >= 0.3 is 0 Å². The third kappa shape index (κ3) is 2.19. The third-order valence-electron chi connectivity index (χ3n) is 2.23. The minimum absolute atomic E-state index is 0.932. The van der Waals surface area contributed by atoms with Gasteiger partial charge in [-0.2, -0.15) is 2.95 Å². The maximum Gasteiger partial charge on any atom is 0.0456 e. The van der Waals surface area contributed by atoms with Crippen molar-refractivity contribution < 1.29 is 0 Å². The van der Waals surface area contributed by atoms with Gasteiger partial charge in [0.1, 0.15) is 0 Å². The third-order valence-corrected chi connectivity index (χ3v) is 2.93. The molecule has 1 aromatic carbocycles. The number of aromatic amines is 1. The second kappa shape index (κ2) is 4.47. The summed E-state index contributed by atoms with van der Waals surface area (Å²) in [5.74, 6) is 0. The van der Waals surface area contributed by atoms with E-state index in [1.165, 1.54) is 16.5 Å². The number of nitrogens with one attached hydrogen (secondary N) is 1. The van der Waals surface area contributed by atoms with Gasteiger partial charge in [0.25, 0.3) is 0 Å². The first-order chi connectivity index (χ1) is 6.77. The minimum atomic E-state index is 0.932. The Morgan fingerprint density at radius 1 is 1.21 bits per heavy atom. The smallest absolute Gasteiger partial charge is 0.0456 e. The first-order valence-electron chi connectivity index (χ1n) is 4.41. The van der Waals surface area contributed by atoms with Crippen molar-refractivity contribution in [1.82, 2.24) is 7.94 Å². The molecule has 1 N–H and O–H groups in total. The van der Waals surface area contributed by atoms with Crippen LogP contribution in [0.5, 0.6) is 0 Å². The van der Waals surface area contributed by atoms with Crippen molar-refractivity contribution in [2.45, 2.75) is 6.42 Å². The highest BCUT2D eigenvalue weighted by molar-refractivity contribution is 9.21. The van der Waals surface area contributed by atoms with Crippen molar-refractivity contribution in [3.05, 3.63) is 36.0 Å². The van der Waals surface area contributed by atoms with E-state index in [1.54, 1.807) is 0 Å². The molecule has 0 saturated heterocycles. The summed E-state index contributed by atoms with van der Waals surface area (Å²) in [5, 5.41) is 1.31. The molecule has 1 aromatic heterocycles. The van der Waals surface area contributed by atoms with E-state index < -0.39 is 0 Å². The molecule has 14 heavy (non-hydrogen) atoms. The lowest BCUT2D eigenvalue weighted by Gasteiger charge is -2.03. The molecule has 0 atom stereocenters. The lowest BCUT2D eigenvalue weighted by molar-refractivity contribution is 0.765. The fraction of sp³-hybridized carbons (Fsp3) is 0.200. The monoisotopic (exact) mass is 316 g/mol. The number of aromatic nitrogens is 1. The Hall–Kier alpha value is -0.320. The number of halogens is 2. The van der Waals surface area contributed by atoms with Crippen molar-refractivity contribution in [2.24, 2.45) is 0 Å². The highest BCUT2D eigenvalue weighted by atomic mass is 79.9. The van der Waals surface area contributed by atoms with Crippen LogP contribution in [0.1, 0.15) is 5.56 Å². The van der Waals surface area contributed by atoms with Gasteiger partial charge in [-0.25, -0.2) is 0 Å². The van der Waals surface area contributed by atoms with Gasteiger partial charge in [-0.15, -0.1) is 0 Å². The molecule has 0 saturated carbocycles. The molecule has 0 unspecified atom stereocenters. The van der Waals surface area contributed by atoms with Crippen LogP contribution in [-0.2, 0) is 6.42 Å². The van der Waals surface area contributed by atoms with Gasteiger partial charge in [0.2, 0.25) is 0 Å². The van der Waals surface area contributed by atoms with Crippen LogP contribution in [0.2, 0.25) is 0 Å². The number of para-hydroxylation sites is 1. The second-order valence-electron chi connectivity index (χ2n) is 3.14. The number of fused-ring (bicyclic) bond motifs is 1. The van der Waals surface area contributed by atoms with E-state index in [0.29, 0.717) is 0 Å². The number of rotatable bonds is 3. The molecule has 1 heterocycles. The molecule has 74 valence electrons. The molecule has 4 heteroatoms. The van der Waals surface area contributed by atoms with Crippen LogP contribution in [0.4, 0.5) is 0 Å². The van der Waals surface area contributed by atoms with Crippen LogP contribution in [0.25, 0.3) is 10.9 Å². The Bertz CT molecular complexity index is 423. The number of H-pyrrole nitrogens is 1. The van der Waals surface area contributed by atoms with E-state index in [9.17, 15) is 0 Å². The molecule has 2 aromatic rings. The van der Waals surface area contributed by atoms with Crippen LogP contribution in [0, 0.1) is 0 Å². The summed E-state index contributed by atoms with van der Waals surface area (Å²) in [6.07, 6.45) is 3.09. The molecule has 2 nitrogen and oxygen atoms in total. The van der Waals surface area contributed by atoms with E-state index in [4.69, 9.17) is 0 Å². The SMILES string of the molecule is BrN(Br)CCc1c[nH]c2ccccc12. The zero-order valence-corrected chi connectivity index (χ0v) is 10.7. The first-order valence-corrected chi connectivity index (χ1v) is 5.83. The minimum Gasteiger partial charge on any atom is -0.361 e. The summed E-state index contributed by atoms with van der Waals surface area (Å²) < 4.78 is 1.84. The number of hydrogen-bond acceptors (Lipinski definition) is 1. The Morgan fingerprint density at radius 3 is 2.79 bits per heavy atom. The summed E-state index contributed by atoms with van der Waals surface area (Å²) in [6.45, 7) is 0.932. The summed E-state index contributed by atoms with van der Waals surface area (Å²) >= 11 is 6.65. The van der Waals surface area contributed by atoms with E-state index in [0.717, 1.165) is 13.0 Å². The number of hydrogen-bond donors (Lipinski definition) is 1. The van der Waals surface area contributed by atoms with Crippen molar-refractivity contribution in [3.8, 4) is 0 Å². The molecule has 0 aliphatic carbocycles. The Kier molecular flexibility index (Phi) is 3.26. The maximum atomic E-state index is 3.32. The van der Waals surface area contributed by atoms with Gasteiger partial charge in [0.15, 0.2) is 0 Å². The predicted molar refractivity (Wildman–Crippen MR) is 66.6 cm³/mol. The van der Waals surface area contributed by atoms with Crippen LogP contribution >= 0.6 is 32.3 Å². The summed E-state index contributed by atoms with van der Waals surface area (Å²) in [6, 6.07) is 8.36. The van der Waals surface area contributed by atoms with Crippen LogP contribution < -0.4 is 0 Å². The summed E-state index contributed by atoms with van der Waals surface area (Å²) in [7, 11) is 0. The fourth-order valence-corrected chi connectivity index (χ4v) is 1.90. The normalized spacial score (nSPS) is 11.4. The molecular formula is C10H10Br2N2. The number of nitrogens with zero attached hydrogens (tertiary/aromatic N) is 1. The van der Waals surface area contributed by atoms with Crippen molar-refractivity contribution >= 4 is 43.2 Å². The average Bonchev–Trinajstić information content (AvgIpc) is 2.58. The van der Waals surface area contributed by atoms with Gasteiger partial charge < -0.3 is 4.98 Å². The molecule has 0 amide bonds. The zero-order valence-electron chi connectivity index (χ0n) is 7.50. The summed E-state index contributed by atoms with van der Waals surface area (Å²) in [5.41, 5.74) is 2.56. The van der Waals surface area contributed by atoms with Gasteiger partial charge in [-0.3, -0.25) is 0 Å². The molecule has 0 aliphatic heterocycles. The van der Waals surface area contributed by atoms with Crippen LogP contribution in [0.3, 0.4) is 0 Å². The van der Waals surface area contributed by atoms with E-state index in [-0.39, 0.29) is 0 Å². The zero-order chi connectivity index (χ0) is 9.97. The predicted octanol–water partition coefficient (Wildman–Crippen LogP) is 3.63. The molecule has 2 rings (SSSR count). The molecule has 0 bridgehead atoms. The lowest BCUT2D eigenvalue weighted by atomic mass is 10.1. The molecule has 0 fully saturated rings. The molecule has 0 radical (unpaired) electrons. The molecular weight excluding hydrogens is 308 g/mol. The van der Waals surface area contributed by atoms with Crippen molar-refractivity contribution in [1.29, 1.82) is 0 Å². The Labute approximate surface area is 100.0 Å². The number of benzene rings is 1. The van der Waals surface area contributed by atoms with E-state index in [1.807, 2.05) is 9.02 Å². The lowest BCUT2D eigenvalue weighted by Crippen LogP contribution is -2.01. The standard InChI is InChI=1S/C10H10Br2N2/c11-14(12)6-5-8-7-13-10-4-2-1-3-9(8)10/h1-4,7,13H,5-6H2. The molecule has 0 spiro atoms. The van der Waals surface area contributed by atoms with Gasteiger partial charge in [0, 0.05) is 55.9 Å². The first kappa shape index (κ1) is 10.2. The van der Waals surface area contributed by atoms with Gasteiger partial charge in [-0.05, 0) is 18.1 Å². The van der Waals surface area contributed by atoms with Crippen molar-refractivity contribution in [2.75, 3.05) is 6.54 Å². The highest BCUT2D eigenvalue weighted by Gasteiger charge is 2.03. The Balaban J connectivity index is 2.25. The maximum absolute atomic E-state index is 3.32. The van der Waals surface area contributed by atoms with Gasteiger partial charge in [0.05, 0.1) is 0 Å². The second-order valence-corrected chi connectivity index (χ2v) is 5.80. The fourth-order valence-electron chi connectivity index (χ4n) is 1.54. The average molecular weight is 318 g/mol. The quantitative estimate of drug-likeness (QED) is 0.856. The molecule has 0 aliphatic rings.